The van der Waals surface area contributed by atoms with Crippen LogP contribution in [0.25, 0.3) is 0 Å². The number of unbranched alkanes of at least 4 members (excludes halogenated alkanes) is 7. The topological polar surface area (TPSA) is 26.3 Å². The predicted molar refractivity (Wildman–Crippen MR) is 78.3 cm³/mol. The van der Waals surface area contributed by atoms with Gasteiger partial charge in [0.05, 0.1) is 6.10 Å². The molecule has 0 aromatic carbocycles. The van der Waals surface area contributed by atoms with Crippen LogP contribution in [0.1, 0.15) is 78.6 Å². The molecule has 1 unspecified atom stereocenters. The molecule has 0 aliphatic rings. The molecule has 0 saturated carbocycles. The SMILES string of the molecule is CCCCCCCCCCC(F)(C(=O)OC(C)C)C(F)(F)F. The van der Waals surface area contributed by atoms with Crippen LogP contribution >= 0.6 is 0 Å². The van der Waals surface area contributed by atoms with Gasteiger partial charge in [0, 0.05) is 6.42 Å². The fourth-order valence-corrected chi connectivity index (χ4v) is 2.17. The van der Waals surface area contributed by atoms with E-state index in [1.54, 1.807) is 0 Å². The van der Waals surface area contributed by atoms with Gasteiger partial charge in [-0.1, -0.05) is 51.9 Å². The lowest BCUT2D eigenvalue weighted by Crippen LogP contribution is -2.49. The van der Waals surface area contributed by atoms with Crippen molar-refractivity contribution in [3.8, 4) is 0 Å². The highest BCUT2D eigenvalue weighted by Gasteiger charge is 2.62. The number of alkyl halides is 4. The normalized spacial score (nSPS) is 14.9. The lowest BCUT2D eigenvalue weighted by molar-refractivity contribution is -0.242. The average molecular weight is 328 g/mol. The van der Waals surface area contributed by atoms with Gasteiger partial charge in [-0.05, 0) is 20.3 Å². The van der Waals surface area contributed by atoms with Crippen LogP contribution in [-0.2, 0) is 9.53 Å². The highest BCUT2D eigenvalue weighted by Crippen LogP contribution is 2.39. The van der Waals surface area contributed by atoms with Crippen LogP contribution in [0.5, 0.6) is 0 Å². The molecule has 0 N–H and O–H groups in total. The molecule has 0 aromatic rings. The summed E-state index contributed by atoms with van der Waals surface area (Å²) < 4.78 is 57.1. The number of ether oxygens (including phenoxy) is 1. The predicted octanol–water partition coefficient (Wildman–Crippen LogP) is 5.74. The van der Waals surface area contributed by atoms with Crippen molar-refractivity contribution in [2.45, 2.75) is 96.5 Å². The zero-order valence-electron chi connectivity index (χ0n) is 13.8. The van der Waals surface area contributed by atoms with Gasteiger partial charge in [-0.15, -0.1) is 0 Å². The Morgan fingerprint density at radius 3 is 1.77 bits per heavy atom. The van der Waals surface area contributed by atoms with E-state index in [-0.39, 0.29) is 6.42 Å². The Bertz CT molecular complexity index is 316. The van der Waals surface area contributed by atoms with E-state index >= 15 is 0 Å². The molecule has 0 aliphatic carbocycles. The maximum Gasteiger partial charge on any atom is 0.433 e. The van der Waals surface area contributed by atoms with Gasteiger partial charge in [0.2, 0.25) is 0 Å². The molecule has 0 aliphatic heterocycles. The summed E-state index contributed by atoms with van der Waals surface area (Å²) in [6.07, 6.45) is -0.217. The fourth-order valence-electron chi connectivity index (χ4n) is 2.17. The number of carbonyl (C=O) groups is 1. The second-order valence-electron chi connectivity index (χ2n) is 5.98. The van der Waals surface area contributed by atoms with E-state index in [2.05, 4.69) is 11.7 Å². The second-order valence-corrected chi connectivity index (χ2v) is 5.98. The Morgan fingerprint density at radius 1 is 0.909 bits per heavy atom. The van der Waals surface area contributed by atoms with E-state index < -0.39 is 30.3 Å². The molecule has 0 heterocycles. The number of hydrogen-bond donors (Lipinski definition) is 0. The molecule has 0 aromatic heterocycles. The molecule has 0 saturated heterocycles. The Morgan fingerprint density at radius 2 is 1.36 bits per heavy atom. The van der Waals surface area contributed by atoms with E-state index in [0.29, 0.717) is 6.42 Å². The van der Waals surface area contributed by atoms with Crippen LogP contribution in [0.4, 0.5) is 17.6 Å². The molecule has 0 radical (unpaired) electrons. The summed E-state index contributed by atoms with van der Waals surface area (Å²) in [6.45, 7) is 4.89. The molecule has 0 bridgehead atoms. The van der Waals surface area contributed by atoms with Crippen molar-refractivity contribution in [3.63, 3.8) is 0 Å². The molecule has 22 heavy (non-hydrogen) atoms. The van der Waals surface area contributed by atoms with Gasteiger partial charge in [0.1, 0.15) is 0 Å². The molecular weight excluding hydrogens is 300 g/mol. The van der Waals surface area contributed by atoms with Crippen LogP contribution in [0.2, 0.25) is 0 Å². The molecule has 6 heteroatoms. The number of hydrogen-bond acceptors (Lipinski definition) is 2. The maximum atomic E-state index is 14.1. The number of esters is 1. The lowest BCUT2D eigenvalue weighted by atomic mass is 9.96. The summed E-state index contributed by atoms with van der Waals surface area (Å²) in [5.41, 5.74) is -3.89. The number of halogens is 4. The summed E-state index contributed by atoms with van der Waals surface area (Å²) in [6, 6.07) is 0. The van der Waals surface area contributed by atoms with Gasteiger partial charge in [0.25, 0.3) is 0 Å². The van der Waals surface area contributed by atoms with Gasteiger partial charge < -0.3 is 4.74 Å². The molecule has 1 atom stereocenters. The van der Waals surface area contributed by atoms with Crippen LogP contribution in [-0.4, -0.2) is 23.9 Å². The summed E-state index contributed by atoms with van der Waals surface area (Å²) >= 11 is 0. The molecule has 0 rings (SSSR count). The third-order valence-electron chi connectivity index (χ3n) is 3.49. The lowest BCUT2D eigenvalue weighted by Gasteiger charge is -2.26. The van der Waals surface area contributed by atoms with Gasteiger partial charge in [-0.25, -0.2) is 9.18 Å². The van der Waals surface area contributed by atoms with Gasteiger partial charge in [-0.2, -0.15) is 13.2 Å². The minimum Gasteiger partial charge on any atom is -0.460 e. The molecular formula is C16H28F4O2. The first-order valence-electron chi connectivity index (χ1n) is 8.12. The molecule has 132 valence electrons. The minimum atomic E-state index is -5.24. The summed E-state index contributed by atoms with van der Waals surface area (Å²) in [4.78, 5) is 11.4. The quantitative estimate of drug-likeness (QED) is 0.275. The van der Waals surface area contributed by atoms with E-state index in [9.17, 15) is 22.4 Å². The van der Waals surface area contributed by atoms with Crippen molar-refractivity contribution in [3.05, 3.63) is 0 Å². The fraction of sp³-hybridized carbons (Fsp3) is 0.938. The molecule has 0 amide bonds. The first-order chi connectivity index (χ1) is 10.1. The van der Waals surface area contributed by atoms with Gasteiger partial charge in [0.15, 0.2) is 0 Å². The molecule has 0 spiro atoms. The maximum absolute atomic E-state index is 14.1. The van der Waals surface area contributed by atoms with Crippen molar-refractivity contribution < 1.29 is 27.1 Å². The third kappa shape index (κ3) is 7.45. The monoisotopic (exact) mass is 328 g/mol. The first kappa shape index (κ1) is 21.2. The van der Waals surface area contributed by atoms with Crippen molar-refractivity contribution in [2.75, 3.05) is 0 Å². The first-order valence-corrected chi connectivity index (χ1v) is 8.12. The second kappa shape index (κ2) is 10.1. The van der Waals surface area contributed by atoms with Gasteiger partial charge in [-0.3, -0.25) is 0 Å². The van der Waals surface area contributed by atoms with Crippen molar-refractivity contribution in [1.82, 2.24) is 0 Å². The molecule has 2 nitrogen and oxygen atoms in total. The minimum absolute atomic E-state index is 0.0248. The average Bonchev–Trinajstić information content (AvgIpc) is 2.39. The number of carbonyl (C=O) groups excluding carboxylic acids is 1. The van der Waals surface area contributed by atoms with Gasteiger partial charge >= 0.3 is 17.8 Å². The van der Waals surface area contributed by atoms with Crippen LogP contribution in [0, 0.1) is 0 Å². The summed E-state index contributed by atoms with van der Waals surface area (Å²) in [5.74, 6) is -1.82. The molecule has 0 fully saturated rings. The smallest absolute Gasteiger partial charge is 0.433 e. The Labute approximate surface area is 130 Å². The van der Waals surface area contributed by atoms with E-state index in [1.165, 1.54) is 13.8 Å². The van der Waals surface area contributed by atoms with E-state index in [1.807, 2.05) is 0 Å². The Kier molecular flexibility index (Phi) is 9.69. The highest BCUT2D eigenvalue weighted by molar-refractivity contribution is 5.80. The van der Waals surface area contributed by atoms with E-state index in [0.717, 1.165) is 38.5 Å². The highest BCUT2D eigenvalue weighted by atomic mass is 19.4. The number of rotatable bonds is 11. The Balaban J connectivity index is 4.25. The van der Waals surface area contributed by atoms with Crippen molar-refractivity contribution >= 4 is 5.97 Å². The van der Waals surface area contributed by atoms with Crippen LogP contribution in [0.15, 0.2) is 0 Å². The largest absolute Gasteiger partial charge is 0.460 e. The van der Waals surface area contributed by atoms with Crippen LogP contribution in [0.3, 0.4) is 0 Å². The summed E-state index contributed by atoms with van der Waals surface area (Å²) in [7, 11) is 0. The zero-order chi connectivity index (χ0) is 17.2. The standard InChI is InChI=1S/C16H28F4O2/c1-4-5-6-7-8-9-10-11-12-15(17,16(18,19)20)14(21)22-13(2)3/h13H,4-12H2,1-3H3. The summed E-state index contributed by atoms with van der Waals surface area (Å²) in [5, 5.41) is 0. The Hall–Kier alpha value is -0.810. The van der Waals surface area contributed by atoms with Crippen molar-refractivity contribution in [2.24, 2.45) is 0 Å². The van der Waals surface area contributed by atoms with Crippen LogP contribution < -0.4 is 0 Å². The zero-order valence-corrected chi connectivity index (χ0v) is 13.8. The van der Waals surface area contributed by atoms with E-state index in [4.69, 9.17) is 0 Å². The third-order valence-corrected chi connectivity index (χ3v) is 3.49. The van der Waals surface area contributed by atoms with Crippen molar-refractivity contribution in [1.29, 1.82) is 0 Å².